The maximum atomic E-state index is 5.78. The second-order valence-corrected chi connectivity index (χ2v) is 7.57. The van der Waals surface area contributed by atoms with Gasteiger partial charge >= 0.3 is 0 Å². The summed E-state index contributed by atoms with van der Waals surface area (Å²) in [5, 5.41) is 2.57. The van der Waals surface area contributed by atoms with Crippen molar-refractivity contribution in [2.45, 2.75) is 31.1 Å². The van der Waals surface area contributed by atoms with Gasteiger partial charge in [0.1, 0.15) is 17.3 Å². The lowest BCUT2D eigenvalue weighted by molar-refractivity contribution is 0.0233. The molecule has 3 heteroatoms. The van der Waals surface area contributed by atoms with Crippen molar-refractivity contribution < 1.29 is 9.47 Å². The molecule has 0 unspecified atom stereocenters. The molecule has 21 heavy (non-hydrogen) atoms. The highest BCUT2D eigenvalue weighted by Gasteiger charge is 2.27. The molecule has 0 radical (unpaired) electrons. The minimum Gasteiger partial charge on any atom is -0.467 e. The van der Waals surface area contributed by atoms with Crippen molar-refractivity contribution in [1.82, 2.24) is 0 Å². The van der Waals surface area contributed by atoms with Crippen molar-refractivity contribution in [2.75, 3.05) is 24.9 Å². The van der Waals surface area contributed by atoms with Crippen LogP contribution in [0.4, 0.5) is 0 Å². The average molecular weight is 303 g/mol. The fraction of sp³-hybridized carbons (Fsp3) is 0.444. The van der Waals surface area contributed by atoms with Crippen molar-refractivity contribution in [3.8, 4) is 5.75 Å². The first kappa shape index (κ1) is 14.7. The summed E-state index contributed by atoms with van der Waals surface area (Å²) < 4.78 is 11.1. The first-order valence-corrected chi connectivity index (χ1v) is 9.36. The van der Waals surface area contributed by atoms with E-state index in [1.54, 1.807) is 0 Å². The van der Waals surface area contributed by atoms with E-state index >= 15 is 0 Å². The van der Waals surface area contributed by atoms with Gasteiger partial charge in [0.25, 0.3) is 0 Å². The van der Waals surface area contributed by atoms with Gasteiger partial charge in [-0.1, -0.05) is 18.2 Å². The molecule has 1 heterocycles. The first-order chi connectivity index (χ1) is 10.4. The van der Waals surface area contributed by atoms with Gasteiger partial charge in [0.05, 0.1) is 0 Å². The van der Waals surface area contributed by atoms with E-state index in [9.17, 15) is 0 Å². The fourth-order valence-corrected chi connectivity index (χ4v) is 5.36. The number of rotatable bonds is 5. The highest BCUT2D eigenvalue weighted by molar-refractivity contribution is 7.97. The Hall–Kier alpha value is -1.19. The summed E-state index contributed by atoms with van der Waals surface area (Å²) in [5.74, 6) is 3.63. The summed E-state index contributed by atoms with van der Waals surface area (Å²) in [6.45, 7) is 2.99. The van der Waals surface area contributed by atoms with Crippen molar-refractivity contribution in [3.05, 3.63) is 36.4 Å². The van der Waals surface area contributed by atoms with Gasteiger partial charge in [-0.05, 0) is 44.4 Å². The largest absolute Gasteiger partial charge is 0.467 e. The van der Waals surface area contributed by atoms with E-state index in [-0.39, 0.29) is 0 Å². The smallest absolute Gasteiger partial charge is 0.189 e. The molecule has 1 aliphatic rings. The van der Waals surface area contributed by atoms with Crippen LogP contribution in [0.25, 0.3) is 10.8 Å². The van der Waals surface area contributed by atoms with Gasteiger partial charge in [0.2, 0.25) is 0 Å². The Morgan fingerprint density at radius 2 is 1.71 bits per heavy atom. The van der Waals surface area contributed by atoms with Crippen molar-refractivity contribution in [1.29, 1.82) is 0 Å². The summed E-state index contributed by atoms with van der Waals surface area (Å²) >= 11 is 0. The van der Waals surface area contributed by atoms with Crippen LogP contribution in [0.3, 0.4) is 0 Å². The van der Waals surface area contributed by atoms with E-state index in [4.69, 9.17) is 9.47 Å². The van der Waals surface area contributed by atoms with Crippen molar-refractivity contribution >= 4 is 21.7 Å². The van der Waals surface area contributed by atoms with Crippen LogP contribution in [0.2, 0.25) is 0 Å². The third-order valence-corrected chi connectivity index (χ3v) is 6.48. The summed E-state index contributed by atoms with van der Waals surface area (Å²) in [6, 6.07) is 13.0. The van der Waals surface area contributed by atoms with E-state index in [0.29, 0.717) is 24.3 Å². The van der Waals surface area contributed by atoms with Crippen LogP contribution in [-0.4, -0.2) is 24.9 Å². The lowest BCUT2D eigenvalue weighted by Gasteiger charge is -2.16. The monoisotopic (exact) mass is 303 g/mol. The van der Waals surface area contributed by atoms with Gasteiger partial charge in [0.15, 0.2) is 11.7 Å². The van der Waals surface area contributed by atoms with Crippen LogP contribution in [-0.2, 0) is 15.6 Å². The number of hydrogen-bond acceptors (Lipinski definition) is 2. The van der Waals surface area contributed by atoms with Crippen molar-refractivity contribution in [3.63, 3.8) is 0 Å². The summed E-state index contributed by atoms with van der Waals surface area (Å²) in [7, 11) is 0.415. The standard InChI is InChI=1S/C18H23O2S/c1-2-19-14-20-17-10-11-18(21-12-6-3-7-13-21)16-9-5-4-8-15(16)17/h4-5,8-11H,2-3,6-7,12-14H2,1H3/q+1. The highest BCUT2D eigenvalue weighted by Crippen LogP contribution is 2.34. The van der Waals surface area contributed by atoms with Crippen LogP contribution in [0.1, 0.15) is 26.2 Å². The molecule has 2 aromatic rings. The second kappa shape index (κ2) is 7.19. The summed E-state index contributed by atoms with van der Waals surface area (Å²) in [5.41, 5.74) is 0. The number of ether oxygens (including phenoxy) is 2. The first-order valence-electron chi connectivity index (χ1n) is 7.80. The average Bonchev–Trinajstić information content (AvgIpc) is 2.56. The van der Waals surface area contributed by atoms with Crippen LogP contribution in [0.5, 0.6) is 5.75 Å². The Kier molecular flexibility index (Phi) is 5.04. The molecule has 2 aromatic carbocycles. The molecule has 0 atom stereocenters. The van der Waals surface area contributed by atoms with Gasteiger partial charge in [-0.15, -0.1) is 0 Å². The van der Waals surface area contributed by atoms with Crippen LogP contribution in [0, 0.1) is 0 Å². The van der Waals surface area contributed by atoms with Gasteiger partial charge in [-0.2, -0.15) is 0 Å². The van der Waals surface area contributed by atoms with Crippen LogP contribution < -0.4 is 4.74 Å². The Balaban J connectivity index is 1.93. The third-order valence-electron chi connectivity index (χ3n) is 3.94. The van der Waals surface area contributed by atoms with E-state index in [2.05, 4.69) is 36.4 Å². The Morgan fingerprint density at radius 1 is 0.952 bits per heavy atom. The normalized spacial score (nSPS) is 16.2. The molecule has 0 aliphatic carbocycles. The highest BCUT2D eigenvalue weighted by atomic mass is 32.2. The number of fused-ring (bicyclic) bond motifs is 1. The molecule has 2 nitrogen and oxygen atoms in total. The molecule has 0 bridgehead atoms. The zero-order chi connectivity index (χ0) is 14.5. The molecule has 0 spiro atoms. The molecular weight excluding hydrogens is 280 g/mol. The Labute approximate surface area is 129 Å². The quantitative estimate of drug-likeness (QED) is 0.464. The summed E-state index contributed by atoms with van der Waals surface area (Å²) in [4.78, 5) is 1.52. The van der Waals surface area contributed by atoms with E-state index < -0.39 is 0 Å². The van der Waals surface area contributed by atoms with Gasteiger partial charge in [-0.3, -0.25) is 0 Å². The molecule has 0 aromatic heterocycles. The third kappa shape index (κ3) is 3.35. The SMILES string of the molecule is CCOCOc1ccc([S+]2CCCCC2)c2ccccc12. The summed E-state index contributed by atoms with van der Waals surface area (Å²) in [6.07, 6.45) is 4.15. The predicted molar refractivity (Wildman–Crippen MR) is 90.3 cm³/mol. The van der Waals surface area contributed by atoms with Crippen molar-refractivity contribution in [2.24, 2.45) is 0 Å². The second-order valence-electron chi connectivity index (χ2n) is 5.32. The Morgan fingerprint density at radius 3 is 2.48 bits per heavy atom. The lowest BCUT2D eigenvalue weighted by Crippen LogP contribution is -2.18. The maximum Gasteiger partial charge on any atom is 0.189 e. The number of hydrogen-bond donors (Lipinski definition) is 0. The van der Waals surface area contributed by atoms with Gasteiger partial charge in [-0.25, -0.2) is 0 Å². The molecule has 3 rings (SSSR count). The molecule has 1 aliphatic heterocycles. The van der Waals surface area contributed by atoms with E-state index in [1.165, 1.54) is 46.4 Å². The molecule has 0 N–H and O–H groups in total. The minimum absolute atomic E-state index is 0.325. The number of benzene rings is 2. The topological polar surface area (TPSA) is 18.5 Å². The van der Waals surface area contributed by atoms with Crippen LogP contribution >= 0.6 is 0 Å². The van der Waals surface area contributed by atoms with E-state index in [1.807, 2.05) is 6.92 Å². The van der Waals surface area contributed by atoms with Gasteiger partial charge in [0, 0.05) is 28.3 Å². The Bertz CT molecular complexity index is 591. The molecule has 1 saturated heterocycles. The molecular formula is C18H23O2S+. The zero-order valence-electron chi connectivity index (χ0n) is 12.6. The molecule has 0 saturated carbocycles. The molecule has 112 valence electrons. The van der Waals surface area contributed by atoms with Crippen LogP contribution in [0.15, 0.2) is 41.3 Å². The van der Waals surface area contributed by atoms with Gasteiger partial charge < -0.3 is 9.47 Å². The molecule has 1 fully saturated rings. The molecule has 0 amide bonds. The fourth-order valence-electron chi connectivity index (χ4n) is 2.86. The maximum absolute atomic E-state index is 5.78. The predicted octanol–water partition coefficient (Wildman–Crippen LogP) is 4.37. The minimum atomic E-state index is 0.325. The zero-order valence-corrected chi connectivity index (χ0v) is 13.5. The van der Waals surface area contributed by atoms with E-state index in [0.717, 1.165) is 5.75 Å². The lowest BCUT2D eigenvalue weighted by atomic mass is 10.1.